The standard InChI is InChI=1S/C8H15NO6/c1-14-2-3-15-5-7(11)9-4-6(10)8(12)13/h6,10H,2-5H2,1H3,(H,9,11)(H,12,13)/t6-/m0/s1. The van der Waals surface area contributed by atoms with Crippen LogP contribution in [0.1, 0.15) is 0 Å². The van der Waals surface area contributed by atoms with Crippen LogP contribution in [0, 0.1) is 0 Å². The molecule has 0 bridgehead atoms. The molecule has 1 atom stereocenters. The van der Waals surface area contributed by atoms with Crippen molar-refractivity contribution in [2.24, 2.45) is 0 Å². The number of carboxylic acids is 1. The largest absolute Gasteiger partial charge is 0.479 e. The van der Waals surface area contributed by atoms with Gasteiger partial charge in [0.25, 0.3) is 0 Å². The van der Waals surface area contributed by atoms with E-state index in [1.165, 1.54) is 7.11 Å². The minimum atomic E-state index is -1.59. The van der Waals surface area contributed by atoms with E-state index in [9.17, 15) is 9.59 Å². The summed E-state index contributed by atoms with van der Waals surface area (Å²) in [6.07, 6.45) is -1.59. The number of carboxylic acid groups (broad SMARTS) is 1. The molecule has 0 unspecified atom stereocenters. The van der Waals surface area contributed by atoms with Crippen molar-refractivity contribution in [3.05, 3.63) is 0 Å². The maximum atomic E-state index is 11.0. The molecule has 0 aromatic carbocycles. The first-order valence-corrected chi connectivity index (χ1v) is 4.32. The molecule has 0 fully saturated rings. The molecule has 0 aliphatic rings. The highest BCUT2D eigenvalue weighted by atomic mass is 16.5. The van der Waals surface area contributed by atoms with E-state index in [0.717, 1.165) is 0 Å². The number of aliphatic hydroxyl groups is 1. The van der Waals surface area contributed by atoms with Crippen LogP contribution in [0.4, 0.5) is 0 Å². The summed E-state index contributed by atoms with van der Waals surface area (Å²) in [5.74, 6) is -1.86. The Labute approximate surface area is 87.0 Å². The number of rotatable bonds is 8. The fourth-order valence-corrected chi connectivity index (χ4v) is 0.656. The normalized spacial score (nSPS) is 12.1. The zero-order chi connectivity index (χ0) is 11.7. The van der Waals surface area contributed by atoms with Crippen molar-refractivity contribution in [1.29, 1.82) is 0 Å². The molecule has 0 aromatic rings. The van der Waals surface area contributed by atoms with E-state index < -0.39 is 18.0 Å². The van der Waals surface area contributed by atoms with E-state index in [4.69, 9.17) is 14.9 Å². The van der Waals surface area contributed by atoms with Gasteiger partial charge in [0.2, 0.25) is 5.91 Å². The molecule has 0 spiro atoms. The highest BCUT2D eigenvalue weighted by Gasteiger charge is 2.13. The van der Waals surface area contributed by atoms with E-state index in [0.29, 0.717) is 6.61 Å². The lowest BCUT2D eigenvalue weighted by atomic mass is 10.3. The first-order chi connectivity index (χ1) is 7.07. The molecular weight excluding hydrogens is 206 g/mol. The summed E-state index contributed by atoms with van der Waals surface area (Å²) >= 11 is 0. The molecule has 0 aliphatic carbocycles. The summed E-state index contributed by atoms with van der Waals surface area (Å²) in [7, 11) is 1.51. The zero-order valence-electron chi connectivity index (χ0n) is 8.43. The fraction of sp³-hybridized carbons (Fsp3) is 0.750. The van der Waals surface area contributed by atoms with Crippen molar-refractivity contribution in [3.8, 4) is 0 Å². The predicted molar refractivity (Wildman–Crippen MR) is 49.3 cm³/mol. The van der Waals surface area contributed by atoms with Crippen LogP contribution in [0.3, 0.4) is 0 Å². The van der Waals surface area contributed by atoms with Crippen molar-refractivity contribution in [1.82, 2.24) is 5.32 Å². The Morgan fingerprint density at radius 2 is 2.07 bits per heavy atom. The average molecular weight is 221 g/mol. The summed E-state index contributed by atoms with van der Waals surface area (Å²) in [5.41, 5.74) is 0. The second-order valence-electron chi connectivity index (χ2n) is 2.70. The predicted octanol–water partition coefficient (Wildman–Crippen LogP) is -1.79. The second kappa shape index (κ2) is 8.16. The maximum absolute atomic E-state index is 11.0. The number of ether oxygens (including phenoxy) is 2. The molecule has 1 amide bonds. The summed E-state index contributed by atoms with van der Waals surface area (Å²) in [5, 5.41) is 19.3. The van der Waals surface area contributed by atoms with Gasteiger partial charge in [-0.1, -0.05) is 0 Å². The van der Waals surface area contributed by atoms with Crippen LogP contribution < -0.4 is 5.32 Å². The number of nitrogens with one attached hydrogen (secondary N) is 1. The van der Waals surface area contributed by atoms with E-state index in [1.54, 1.807) is 0 Å². The third kappa shape index (κ3) is 7.86. The van der Waals surface area contributed by atoms with Crippen LogP contribution >= 0.6 is 0 Å². The van der Waals surface area contributed by atoms with Crippen molar-refractivity contribution in [2.45, 2.75) is 6.10 Å². The van der Waals surface area contributed by atoms with Gasteiger partial charge in [0.05, 0.1) is 19.8 Å². The van der Waals surface area contributed by atoms with Gasteiger partial charge in [0.15, 0.2) is 6.10 Å². The third-order valence-electron chi connectivity index (χ3n) is 1.44. The SMILES string of the molecule is COCCOCC(=O)NC[C@H](O)C(=O)O. The molecule has 0 saturated heterocycles. The van der Waals surface area contributed by atoms with Crippen LogP contribution in [0.15, 0.2) is 0 Å². The lowest BCUT2D eigenvalue weighted by Gasteiger charge is -2.07. The summed E-state index contributed by atoms with van der Waals surface area (Å²) in [6.45, 7) is 0.147. The van der Waals surface area contributed by atoms with Crippen molar-refractivity contribution in [2.75, 3.05) is 33.5 Å². The minimum absolute atomic E-state index is 0.185. The Bertz CT molecular complexity index is 207. The number of carbonyl (C=O) groups is 2. The number of hydrogen-bond donors (Lipinski definition) is 3. The Kier molecular flexibility index (Phi) is 7.51. The molecule has 0 aliphatic heterocycles. The molecular formula is C8H15NO6. The number of aliphatic carboxylic acids is 1. The number of amides is 1. The lowest BCUT2D eigenvalue weighted by molar-refractivity contribution is -0.146. The first-order valence-electron chi connectivity index (χ1n) is 4.32. The van der Waals surface area contributed by atoms with E-state index in [-0.39, 0.29) is 19.8 Å². The molecule has 0 saturated carbocycles. The molecule has 3 N–H and O–H groups in total. The van der Waals surface area contributed by atoms with Crippen LogP contribution in [0.5, 0.6) is 0 Å². The monoisotopic (exact) mass is 221 g/mol. The van der Waals surface area contributed by atoms with Gasteiger partial charge >= 0.3 is 5.97 Å². The highest BCUT2D eigenvalue weighted by Crippen LogP contribution is 1.81. The fourth-order valence-electron chi connectivity index (χ4n) is 0.656. The van der Waals surface area contributed by atoms with Gasteiger partial charge in [0.1, 0.15) is 6.61 Å². The van der Waals surface area contributed by atoms with Gasteiger partial charge in [-0.3, -0.25) is 4.79 Å². The van der Waals surface area contributed by atoms with Gasteiger partial charge in [-0.05, 0) is 0 Å². The number of methoxy groups -OCH3 is 1. The average Bonchev–Trinajstić information content (AvgIpc) is 2.20. The van der Waals surface area contributed by atoms with Crippen molar-refractivity contribution in [3.63, 3.8) is 0 Å². The quantitative estimate of drug-likeness (QED) is 0.418. The summed E-state index contributed by atoms with van der Waals surface area (Å²) in [6, 6.07) is 0. The van der Waals surface area contributed by atoms with Crippen molar-refractivity contribution >= 4 is 11.9 Å². The van der Waals surface area contributed by atoms with E-state index in [2.05, 4.69) is 10.1 Å². The molecule has 0 radical (unpaired) electrons. The van der Waals surface area contributed by atoms with Gasteiger partial charge in [0, 0.05) is 7.11 Å². The van der Waals surface area contributed by atoms with Gasteiger partial charge < -0.3 is 25.0 Å². The number of carbonyl (C=O) groups excluding carboxylic acids is 1. The summed E-state index contributed by atoms with van der Waals surface area (Å²) < 4.78 is 9.54. The molecule has 88 valence electrons. The zero-order valence-corrected chi connectivity index (χ0v) is 8.43. The Morgan fingerprint density at radius 1 is 1.40 bits per heavy atom. The Hall–Kier alpha value is -1.18. The molecule has 15 heavy (non-hydrogen) atoms. The molecule has 0 rings (SSSR count). The third-order valence-corrected chi connectivity index (χ3v) is 1.44. The Balaban J connectivity index is 3.45. The second-order valence-corrected chi connectivity index (χ2v) is 2.70. The van der Waals surface area contributed by atoms with Crippen molar-refractivity contribution < 1.29 is 29.3 Å². The van der Waals surface area contributed by atoms with Crippen LogP contribution in [0.2, 0.25) is 0 Å². The van der Waals surface area contributed by atoms with E-state index >= 15 is 0 Å². The maximum Gasteiger partial charge on any atom is 0.334 e. The smallest absolute Gasteiger partial charge is 0.334 e. The molecule has 0 aromatic heterocycles. The number of aliphatic hydroxyl groups excluding tert-OH is 1. The Morgan fingerprint density at radius 3 is 2.60 bits per heavy atom. The van der Waals surface area contributed by atoms with Crippen LogP contribution in [-0.2, 0) is 19.1 Å². The molecule has 7 nitrogen and oxygen atoms in total. The molecule has 7 heteroatoms. The van der Waals surface area contributed by atoms with E-state index in [1.807, 2.05) is 0 Å². The summed E-state index contributed by atoms with van der Waals surface area (Å²) in [4.78, 5) is 21.1. The minimum Gasteiger partial charge on any atom is -0.479 e. The van der Waals surface area contributed by atoms with Gasteiger partial charge in [-0.2, -0.15) is 0 Å². The highest BCUT2D eigenvalue weighted by molar-refractivity contribution is 5.78. The van der Waals surface area contributed by atoms with Crippen LogP contribution in [-0.4, -0.2) is 61.7 Å². The molecule has 0 heterocycles. The first kappa shape index (κ1) is 13.8. The van der Waals surface area contributed by atoms with Crippen LogP contribution in [0.25, 0.3) is 0 Å². The number of hydrogen-bond acceptors (Lipinski definition) is 5. The lowest BCUT2D eigenvalue weighted by Crippen LogP contribution is -2.38. The van der Waals surface area contributed by atoms with Gasteiger partial charge in [-0.15, -0.1) is 0 Å². The topological polar surface area (TPSA) is 105 Å². The van der Waals surface area contributed by atoms with Gasteiger partial charge in [-0.25, -0.2) is 4.79 Å².